The van der Waals surface area contributed by atoms with Crippen LogP contribution in [0.5, 0.6) is 6.01 Å². The monoisotopic (exact) mass is 540 g/mol. The van der Waals surface area contributed by atoms with E-state index >= 15 is 4.39 Å². The van der Waals surface area contributed by atoms with Crippen LogP contribution in [0.15, 0.2) is 36.5 Å². The van der Waals surface area contributed by atoms with Gasteiger partial charge in [0.25, 0.3) is 0 Å². The first-order chi connectivity index (χ1) is 19.6. The Morgan fingerprint density at radius 3 is 2.60 bits per heavy atom. The molecule has 8 heteroatoms. The Morgan fingerprint density at radius 1 is 1.02 bits per heavy atom. The maximum atomic E-state index is 16.6. The number of H-pyrrole nitrogens is 1. The van der Waals surface area contributed by atoms with Gasteiger partial charge in [-0.1, -0.05) is 25.1 Å². The van der Waals surface area contributed by atoms with Crippen molar-refractivity contribution < 1.29 is 9.13 Å². The molecule has 4 aliphatic rings. The molecule has 2 unspecified atom stereocenters. The first-order valence-electron chi connectivity index (χ1n) is 15.1. The standard InChI is InChI=1S/C32H37FN6O/c1-2-20-6-3-7-26-27(20)25(16-34-26)23-10-11-24-29(28(23)33)36-31(40-19-32-12-4-14-39(32)15-5-13-32)37-30(24)38-17-21-8-9-22(18-38)35-21/h3,6-7,10-11,16,21-22,34-35H,2,4-5,8-9,12-15,17-19H2,1H3. The lowest BCUT2D eigenvalue weighted by molar-refractivity contribution is 0.108. The molecular formula is C32H37FN6O. The smallest absolute Gasteiger partial charge is 0.319 e. The average molecular weight is 541 g/mol. The topological polar surface area (TPSA) is 69.3 Å². The second-order valence-electron chi connectivity index (χ2n) is 12.3. The number of aryl methyl sites for hydroxylation is 1. The quantitative estimate of drug-likeness (QED) is 0.340. The average Bonchev–Trinajstić information content (AvgIpc) is 3.75. The lowest BCUT2D eigenvalue weighted by atomic mass is 9.95. The molecule has 2 aromatic heterocycles. The van der Waals surface area contributed by atoms with E-state index in [0.717, 1.165) is 73.1 Å². The van der Waals surface area contributed by atoms with Gasteiger partial charge in [-0.3, -0.25) is 4.90 Å². The third-order valence-corrected chi connectivity index (χ3v) is 10.0. The molecule has 6 heterocycles. The van der Waals surface area contributed by atoms with Crippen LogP contribution in [0, 0.1) is 5.82 Å². The Hall–Kier alpha value is -3.23. The number of ether oxygens (including phenoxy) is 1. The van der Waals surface area contributed by atoms with E-state index in [4.69, 9.17) is 14.7 Å². The predicted octanol–water partition coefficient (Wildman–Crippen LogP) is 5.43. The summed E-state index contributed by atoms with van der Waals surface area (Å²) in [5, 5.41) is 5.54. The molecule has 0 aliphatic carbocycles. The number of fused-ring (bicyclic) bond motifs is 5. The Morgan fingerprint density at radius 2 is 1.82 bits per heavy atom. The molecule has 208 valence electrons. The van der Waals surface area contributed by atoms with Crippen molar-refractivity contribution in [1.82, 2.24) is 25.2 Å². The van der Waals surface area contributed by atoms with Crippen LogP contribution in [-0.4, -0.2) is 70.3 Å². The molecule has 2 aromatic carbocycles. The summed E-state index contributed by atoms with van der Waals surface area (Å²) in [5.41, 5.74) is 4.09. The van der Waals surface area contributed by atoms with E-state index in [1.165, 1.54) is 31.2 Å². The highest BCUT2D eigenvalue weighted by Gasteiger charge is 2.45. The summed E-state index contributed by atoms with van der Waals surface area (Å²) in [6.07, 6.45) is 9.86. The van der Waals surface area contributed by atoms with Crippen molar-refractivity contribution in [2.45, 2.75) is 69.5 Å². The Labute approximate surface area is 234 Å². The Balaban J connectivity index is 1.24. The Kier molecular flexibility index (Phi) is 5.78. The molecule has 4 aliphatic heterocycles. The molecular weight excluding hydrogens is 503 g/mol. The molecule has 40 heavy (non-hydrogen) atoms. The summed E-state index contributed by atoms with van der Waals surface area (Å²) in [7, 11) is 0. The van der Waals surface area contributed by atoms with E-state index in [1.54, 1.807) is 0 Å². The lowest BCUT2D eigenvalue weighted by Crippen LogP contribution is -2.51. The van der Waals surface area contributed by atoms with Crippen molar-refractivity contribution >= 4 is 27.6 Å². The summed E-state index contributed by atoms with van der Waals surface area (Å²) in [6, 6.07) is 11.3. The number of rotatable bonds is 6. The van der Waals surface area contributed by atoms with Crippen LogP contribution >= 0.6 is 0 Å². The zero-order valence-corrected chi connectivity index (χ0v) is 23.2. The van der Waals surface area contributed by atoms with E-state index in [0.29, 0.717) is 35.8 Å². The molecule has 2 atom stereocenters. The van der Waals surface area contributed by atoms with Crippen LogP contribution in [-0.2, 0) is 6.42 Å². The summed E-state index contributed by atoms with van der Waals surface area (Å²) in [5.74, 6) is 0.488. The van der Waals surface area contributed by atoms with Gasteiger partial charge >= 0.3 is 6.01 Å². The molecule has 0 spiro atoms. The minimum Gasteiger partial charge on any atom is -0.461 e. The molecule has 4 aromatic rings. The summed E-state index contributed by atoms with van der Waals surface area (Å²) in [6.45, 7) is 6.71. The van der Waals surface area contributed by atoms with Crippen molar-refractivity contribution in [2.75, 3.05) is 37.7 Å². The van der Waals surface area contributed by atoms with Crippen LogP contribution in [0.1, 0.15) is 51.0 Å². The summed E-state index contributed by atoms with van der Waals surface area (Å²) >= 11 is 0. The molecule has 0 saturated carbocycles. The highest BCUT2D eigenvalue weighted by Crippen LogP contribution is 2.41. The number of aromatic nitrogens is 3. The first-order valence-corrected chi connectivity index (χ1v) is 15.1. The number of benzene rings is 2. The number of nitrogens with one attached hydrogen (secondary N) is 2. The van der Waals surface area contributed by atoms with E-state index in [-0.39, 0.29) is 11.4 Å². The van der Waals surface area contributed by atoms with E-state index < -0.39 is 0 Å². The highest BCUT2D eigenvalue weighted by molar-refractivity contribution is 6.01. The third kappa shape index (κ3) is 3.83. The molecule has 4 fully saturated rings. The van der Waals surface area contributed by atoms with Crippen molar-refractivity contribution in [3.63, 3.8) is 0 Å². The van der Waals surface area contributed by atoms with Crippen molar-refractivity contribution in [1.29, 1.82) is 0 Å². The zero-order valence-electron chi connectivity index (χ0n) is 23.2. The van der Waals surface area contributed by atoms with E-state index in [9.17, 15) is 0 Å². The van der Waals surface area contributed by atoms with Gasteiger partial charge in [0.2, 0.25) is 0 Å². The van der Waals surface area contributed by atoms with Crippen LogP contribution < -0.4 is 15.0 Å². The van der Waals surface area contributed by atoms with Crippen LogP contribution in [0.4, 0.5) is 10.2 Å². The maximum absolute atomic E-state index is 16.6. The second-order valence-corrected chi connectivity index (χ2v) is 12.3. The SMILES string of the molecule is CCc1cccc2[nH]cc(-c3ccc4c(N5CC6CCC(C5)N6)nc(OCC56CCCN5CCC6)nc4c3F)c12. The van der Waals surface area contributed by atoms with Gasteiger partial charge in [-0.15, -0.1) is 0 Å². The number of hydrogen-bond donors (Lipinski definition) is 2. The first kappa shape index (κ1) is 24.6. The molecule has 0 amide bonds. The van der Waals surface area contributed by atoms with Gasteiger partial charge in [0, 0.05) is 58.8 Å². The van der Waals surface area contributed by atoms with Gasteiger partial charge in [0.15, 0.2) is 5.82 Å². The number of hydrogen-bond acceptors (Lipinski definition) is 6. The van der Waals surface area contributed by atoms with Gasteiger partial charge < -0.3 is 19.9 Å². The molecule has 2 bridgehead atoms. The molecule has 4 saturated heterocycles. The van der Waals surface area contributed by atoms with Crippen LogP contribution in [0.25, 0.3) is 32.9 Å². The predicted molar refractivity (Wildman–Crippen MR) is 157 cm³/mol. The normalized spacial score (nSPS) is 23.9. The number of nitrogens with zero attached hydrogens (tertiary/aromatic N) is 4. The summed E-state index contributed by atoms with van der Waals surface area (Å²) in [4.78, 5) is 18.0. The minimum absolute atomic E-state index is 0.0770. The lowest BCUT2D eigenvalue weighted by Gasteiger charge is -2.34. The second kappa shape index (κ2) is 9.42. The minimum atomic E-state index is -0.308. The molecule has 2 N–H and O–H groups in total. The van der Waals surface area contributed by atoms with Crippen molar-refractivity contribution in [2.24, 2.45) is 0 Å². The zero-order chi connectivity index (χ0) is 26.8. The van der Waals surface area contributed by atoms with Crippen molar-refractivity contribution in [3.8, 4) is 17.1 Å². The fourth-order valence-corrected chi connectivity index (χ4v) is 8.04. The fourth-order valence-electron chi connectivity index (χ4n) is 8.04. The van der Waals surface area contributed by atoms with Gasteiger partial charge in [0.1, 0.15) is 17.9 Å². The largest absolute Gasteiger partial charge is 0.461 e. The summed E-state index contributed by atoms with van der Waals surface area (Å²) < 4.78 is 23.1. The maximum Gasteiger partial charge on any atom is 0.319 e. The van der Waals surface area contributed by atoms with Gasteiger partial charge in [-0.25, -0.2) is 4.39 Å². The number of piperazine rings is 1. The van der Waals surface area contributed by atoms with Gasteiger partial charge in [-0.05, 0) is 75.7 Å². The van der Waals surface area contributed by atoms with Gasteiger partial charge in [0.05, 0.1) is 5.54 Å². The van der Waals surface area contributed by atoms with Crippen molar-refractivity contribution in [3.05, 3.63) is 47.9 Å². The number of anilines is 1. The molecule has 8 rings (SSSR count). The number of halogens is 1. The van der Waals surface area contributed by atoms with Gasteiger partial charge in [-0.2, -0.15) is 9.97 Å². The fraction of sp³-hybridized carbons (Fsp3) is 0.500. The third-order valence-electron chi connectivity index (χ3n) is 10.0. The van der Waals surface area contributed by atoms with Crippen LogP contribution in [0.2, 0.25) is 0 Å². The van der Waals surface area contributed by atoms with E-state index in [1.807, 2.05) is 18.3 Å². The molecule has 7 nitrogen and oxygen atoms in total. The van der Waals surface area contributed by atoms with E-state index in [2.05, 4.69) is 45.2 Å². The number of aromatic amines is 1. The Bertz CT molecular complexity index is 1580. The highest BCUT2D eigenvalue weighted by atomic mass is 19.1. The molecule has 0 radical (unpaired) electrons. The van der Waals surface area contributed by atoms with Crippen LogP contribution in [0.3, 0.4) is 0 Å².